The van der Waals surface area contributed by atoms with Gasteiger partial charge in [-0.25, -0.2) is 0 Å². The van der Waals surface area contributed by atoms with Gasteiger partial charge in [-0.2, -0.15) is 0 Å². The lowest BCUT2D eigenvalue weighted by Gasteiger charge is -2.07. The summed E-state index contributed by atoms with van der Waals surface area (Å²) >= 11 is 5.55. The third-order valence-corrected chi connectivity index (χ3v) is 3.84. The summed E-state index contributed by atoms with van der Waals surface area (Å²) in [6.45, 7) is 0. The summed E-state index contributed by atoms with van der Waals surface area (Å²) in [4.78, 5) is 24.1. The largest absolute Gasteiger partial charge is 0.289 e. The van der Waals surface area contributed by atoms with E-state index in [2.05, 4.69) is 0 Å². The topological polar surface area (TPSA) is 34.1 Å². The first-order chi connectivity index (χ1) is 11.2. The maximum atomic E-state index is 12.6. The van der Waals surface area contributed by atoms with Crippen LogP contribution in [0.4, 0.5) is 0 Å². The normalized spacial score (nSPS) is 10.3. The van der Waals surface area contributed by atoms with E-state index in [0.717, 1.165) is 11.1 Å². The number of halogens is 1. The van der Waals surface area contributed by atoms with E-state index < -0.39 is 5.24 Å². The molecule has 0 N–H and O–H groups in total. The standard InChI is InChI=1S/C20H13ClO2/c21-20(23)18-9-5-4-8-17(18)19(22)16-12-10-15(11-13-16)14-6-2-1-3-7-14/h1-13H. The molecule has 3 heteroatoms. The van der Waals surface area contributed by atoms with Gasteiger partial charge in [0.1, 0.15) is 0 Å². The third-order valence-electron chi connectivity index (χ3n) is 3.64. The van der Waals surface area contributed by atoms with Crippen molar-refractivity contribution < 1.29 is 9.59 Å². The van der Waals surface area contributed by atoms with E-state index in [1.165, 1.54) is 0 Å². The first-order valence-electron chi connectivity index (χ1n) is 7.16. The van der Waals surface area contributed by atoms with Gasteiger partial charge in [0, 0.05) is 16.7 Å². The molecule has 112 valence electrons. The van der Waals surface area contributed by atoms with Crippen LogP contribution in [0.15, 0.2) is 78.9 Å². The minimum absolute atomic E-state index is 0.214. The van der Waals surface area contributed by atoms with Gasteiger partial charge in [0.2, 0.25) is 0 Å². The quantitative estimate of drug-likeness (QED) is 0.502. The summed E-state index contributed by atoms with van der Waals surface area (Å²) in [7, 11) is 0. The molecule has 0 saturated heterocycles. The van der Waals surface area contributed by atoms with Gasteiger partial charge in [-0.05, 0) is 28.8 Å². The van der Waals surface area contributed by atoms with Crippen LogP contribution in [0.1, 0.15) is 26.3 Å². The Morgan fingerprint density at radius 3 is 1.74 bits per heavy atom. The lowest BCUT2D eigenvalue weighted by atomic mass is 9.97. The van der Waals surface area contributed by atoms with E-state index >= 15 is 0 Å². The number of carbonyl (C=O) groups excluding carboxylic acids is 2. The van der Waals surface area contributed by atoms with Gasteiger partial charge in [0.15, 0.2) is 5.78 Å². The monoisotopic (exact) mass is 320 g/mol. The molecule has 0 spiro atoms. The van der Waals surface area contributed by atoms with Crippen molar-refractivity contribution in [1.29, 1.82) is 0 Å². The van der Waals surface area contributed by atoms with Crippen molar-refractivity contribution in [3.63, 3.8) is 0 Å². The Morgan fingerprint density at radius 1 is 0.609 bits per heavy atom. The van der Waals surface area contributed by atoms with E-state index in [1.54, 1.807) is 36.4 Å². The molecule has 0 amide bonds. The van der Waals surface area contributed by atoms with Crippen LogP contribution in [0, 0.1) is 0 Å². The maximum Gasteiger partial charge on any atom is 0.253 e. The molecule has 0 aliphatic carbocycles. The fourth-order valence-electron chi connectivity index (χ4n) is 2.45. The van der Waals surface area contributed by atoms with Crippen LogP contribution < -0.4 is 0 Å². The molecule has 0 saturated carbocycles. The SMILES string of the molecule is O=C(Cl)c1ccccc1C(=O)c1ccc(-c2ccccc2)cc1. The molecule has 3 rings (SSSR count). The molecule has 3 aromatic carbocycles. The van der Waals surface area contributed by atoms with Crippen molar-refractivity contribution >= 4 is 22.6 Å². The van der Waals surface area contributed by atoms with Crippen LogP contribution in [0.3, 0.4) is 0 Å². The summed E-state index contributed by atoms with van der Waals surface area (Å²) in [6.07, 6.45) is 0. The predicted molar refractivity (Wildman–Crippen MR) is 91.9 cm³/mol. The number of ketones is 1. The Labute approximate surface area is 139 Å². The first kappa shape index (κ1) is 15.2. The fraction of sp³-hybridized carbons (Fsp3) is 0. The van der Waals surface area contributed by atoms with Crippen molar-refractivity contribution in [2.24, 2.45) is 0 Å². The van der Waals surface area contributed by atoms with Crippen LogP contribution in [0.5, 0.6) is 0 Å². The summed E-state index contributed by atoms with van der Waals surface area (Å²) in [6, 6.07) is 23.8. The average Bonchev–Trinajstić information content (AvgIpc) is 2.62. The smallest absolute Gasteiger partial charge is 0.253 e. The highest BCUT2D eigenvalue weighted by Crippen LogP contribution is 2.22. The molecule has 0 radical (unpaired) electrons. The van der Waals surface area contributed by atoms with Gasteiger partial charge in [0.25, 0.3) is 5.24 Å². The van der Waals surface area contributed by atoms with Crippen molar-refractivity contribution in [2.75, 3.05) is 0 Å². The van der Waals surface area contributed by atoms with Crippen LogP contribution in [0.25, 0.3) is 11.1 Å². The Kier molecular flexibility index (Phi) is 4.35. The number of carbonyl (C=O) groups is 2. The van der Waals surface area contributed by atoms with E-state index in [9.17, 15) is 9.59 Å². The molecule has 0 aliphatic heterocycles. The van der Waals surface area contributed by atoms with Gasteiger partial charge in [-0.3, -0.25) is 9.59 Å². The molecule has 2 nitrogen and oxygen atoms in total. The molecule has 0 fully saturated rings. The minimum atomic E-state index is -0.630. The van der Waals surface area contributed by atoms with Crippen molar-refractivity contribution in [2.45, 2.75) is 0 Å². The number of hydrogen-bond acceptors (Lipinski definition) is 2. The average molecular weight is 321 g/mol. The van der Waals surface area contributed by atoms with Gasteiger partial charge in [-0.15, -0.1) is 0 Å². The zero-order valence-corrected chi connectivity index (χ0v) is 13.0. The fourth-order valence-corrected chi connectivity index (χ4v) is 2.62. The van der Waals surface area contributed by atoms with Gasteiger partial charge in [-0.1, -0.05) is 72.8 Å². The molecular formula is C20H13ClO2. The van der Waals surface area contributed by atoms with Gasteiger partial charge in [0.05, 0.1) is 0 Å². The van der Waals surface area contributed by atoms with Crippen LogP contribution in [-0.2, 0) is 0 Å². The number of hydrogen-bond donors (Lipinski definition) is 0. The number of benzene rings is 3. The van der Waals surface area contributed by atoms with E-state index in [1.807, 2.05) is 42.5 Å². The summed E-state index contributed by atoms with van der Waals surface area (Å²) in [5.41, 5.74) is 3.19. The highest BCUT2D eigenvalue weighted by atomic mass is 35.5. The molecule has 0 aliphatic rings. The molecular weight excluding hydrogens is 308 g/mol. The number of rotatable bonds is 4. The first-order valence-corrected chi connectivity index (χ1v) is 7.53. The molecule has 0 atom stereocenters. The van der Waals surface area contributed by atoms with Crippen molar-refractivity contribution in [1.82, 2.24) is 0 Å². The van der Waals surface area contributed by atoms with Gasteiger partial charge >= 0.3 is 0 Å². The van der Waals surface area contributed by atoms with E-state index in [0.29, 0.717) is 11.1 Å². The second-order valence-electron chi connectivity index (χ2n) is 5.09. The van der Waals surface area contributed by atoms with E-state index in [4.69, 9.17) is 11.6 Å². The lowest BCUT2D eigenvalue weighted by molar-refractivity contribution is 0.102. The molecule has 0 heterocycles. The Morgan fingerprint density at radius 2 is 1.13 bits per heavy atom. The van der Waals surface area contributed by atoms with Crippen LogP contribution >= 0.6 is 11.6 Å². The highest BCUT2D eigenvalue weighted by Gasteiger charge is 2.16. The molecule has 0 aromatic heterocycles. The predicted octanol–water partition coefficient (Wildman–Crippen LogP) is 4.96. The molecule has 0 unspecified atom stereocenters. The summed E-state index contributed by atoms with van der Waals surface area (Å²) < 4.78 is 0. The van der Waals surface area contributed by atoms with Crippen LogP contribution in [-0.4, -0.2) is 11.0 Å². The second-order valence-corrected chi connectivity index (χ2v) is 5.44. The van der Waals surface area contributed by atoms with Crippen molar-refractivity contribution in [3.8, 4) is 11.1 Å². The summed E-state index contributed by atoms with van der Waals surface area (Å²) in [5.74, 6) is -0.214. The van der Waals surface area contributed by atoms with E-state index in [-0.39, 0.29) is 11.3 Å². The zero-order chi connectivity index (χ0) is 16.2. The van der Waals surface area contributed by atoms with Gasteiger partial charge < -0.3 is 0 Å². The zero-order valence-electron chi connectivity index (χ0n) is 12.2. The maximum absolute atomic E-state index is 12.6. The molecule has 3 aromatic rings. The second kappa shape index (κ2) is 6.59. The Balaban J connectivity index is 1.94. The third kappa shape index (κ3) is 3.22. The Hall–Kier alpha value is -2.71. The molecule has 0 bridgehead atoms. The highest BCUT2D eigenvalue weighted by molar-refractivity contribution is 6.68. The van der Waals surface area contributed by atoms with Crippen LogP contribution in [0.2, 0.25) is 0 Å². The minimum Gasteiger partial charge on any atom is -0.289 e. The lowest BCUT2D eigenvalue weighted by Crippen LogP contribution is -2.07. The molecule has 23 heavy (non-hydrogen) atoms. The Bertz CT molecular complexity index is 852. The summed E-state index contributed by atoms with van der Waals surface area (Å²) in [5, 5.41) is -0.630. The van der Waals surface area contributed by atoms with Crippen molar-refractivity contribution in [3.05, 3.63) is 95.6 Å².